The Balaban J connectivity index is 2.19. The smallest absolute Gasteiger partial charge is 0.278 e. The highest BCUT2D eigenvalue weighted by atomic mass is 16.2. The molecule has 110 valence electrons. The van der Waals surface area contributed by atoms with Crippen molar-refractivity contribution < 1.29 is 4.79 Å². The fraction of sp³-hybridized carbons (Fsp3) is 0.385. The summed E-state index contributed by atoms with van der Waals surface area (Å²) in [5, 5.41) is 13.4. The molecule has 1 amide bonds. The van der Waals surface area contributed by atoms with Crippen molar-refractivity contribution in [1.29, 1.82) is 0 Å². The van der Waals surface area contributed by atoms with Crippen LogP contribution in [0.3, 0.4) is 0 Å². The van der Waals surface area contributed by atoms with Crippen molar-refractivity contribution >= 4 is 17.7 Å². The van der Waals surface area contributed by atoms with Crippen molar-refractivity contribution in [2.75, 3.05) is 17.7 Å². The number of carbonyl (C=O) groups is 1. The topological polar surface area (TPSA) is 106 Å². The number of aryl methyl sites for hydroxylation is 2. The van der Waals surface area contributed by atoms with Gasteiger partial charge in [0.2, 0.25) is 5.95 Å². The maximum absolute atomic E-state index is 12.1. The first-order valence-corrected chi connectivity index (χ1v) is 6.71. The van der Waals surface area contributed by atoms with E-state index in [1.54, 1.807) is 7.05 Å². The van der Waals surface area contributed by atoms with Crippen molar-refractivity contribution in [2.24, 2.45) is 0 Å². The van der Waals surface area contributed by atoms with Crippen LogP contribution in [-0.2, 0) is 12.8 Å². The van der Waals surface area contributed by atoms with Gasteiger partial charge in [-0.25, -0.2) is 9.97 Å². The summed E-state index contributed by atoms with van der Waals surface area (Å²) in [4.78, 5) is 24.4. The van der Waals surface area contributed by atoms with Crippen LogP contribution >= 0.6 is 0 Å². The molecule has 0 spiro atoms. The molecule has 0 aliphatic carbocycles. The predicted octanol–water partition coefficient (Wildman–Crippen LogP) is 1.08. The summed E-state index contributed by atoms with van der Waals surface area (Å²) in [6, 6.07) is 0. The molecule has 0 atom stereocenters. The quantitative estimate of drug-likeness (QED) is 0.847. The second-order valence-corrected chi connectivity index (χ2v) is 4.23. The molecule has 2 aromatic heterocycles. The zero-order valence-corrected chi connectivity index (χ0v) is 12.2. The Bertz CT molecular complexity index is 644. The number of rotatable bonds is 5. The monoisotopic (exact) mass is 287 g/mol. The van der Waals surface area contributed by atoms with E-state index in [9.17, 15) is 4.79 Å². The predicted molar refractivity (Wildman–Crippen MR) is 78.1 cm³/mol. The number of nitrogens with zero attached hydrogens (tertiary/aromatic N) is 5. The van der Waals surface area contributed by atoms with E-state index < -0.39 is 5.91 Å². The van der Waals surface area contributed by atoms with Crippen LogP contribution in [0.4, 0.5) is 11.8 Å². The minimum atomic E-state index is -0.423. The summed E-state index contributed by atoms with van der Waals surface area (Å²) in [7, 11) is 1.70. The number of amides is 1. The van der Waals surface area contributed by atoms with Crippen molar-refractivity contribution in [3.8, 4) is 0 Å². The SMILES string of the molecule is CCc1nnc(NC(=O)c2cncc(NC)n2)nc1CC. The number of hydrogen-bond acceptors (Lipinski definition) is 7. The van der Waals surface area contributed by atoms with E-state index in [-0.39, 0.29) is 11.6 Å². The van der Waals surface area contributed by atoms with Crippen molar-refractivity contribution in [3.63, 3.8) is 0 Å². The van der Waals surface area contributed by atoms with Crippen molar-refractivity contribution in [2.45, 2.75) is 26.7 Å². The summed E-state index contributed by atoms with van der Waals surface area (Å²) in [6.07, 6.45) is 4.40. The molecule has 0 aliphatic rings. The molecular weight excluding hydrogens is 270 g/mol. The molecule has 0 aromatic carbocycles. The molecule has 2 heterocycles. The van der Waals surface area contributed by atoms with Gasteiger partial charge in [0, 0.05) is 7.05 Å². The number of anilines is 2. The van der Waals surface area contributed by atoms with Crippen molar-refractivity contribution in [1.82, 2.24) is 25.1 Å². The standard InChI is InChI=1S/C13H17N7O/c1-4-8-9(5-2)19-20-13(17-8)18-12(21)10-6-15-7-11(14-3)16-10/h6-7H,4-5H2,1-3H3,(H,14,16)(H,17,18,20,21). The van der Waals surface area contributed by atoms with Crippen molar-refractivity contribution in [3.05, 3.63) is 29.5 Å². The minimum absolute atomic E-state index is 0.172. The average molecular weight is 287 g/mol. The fourth-order valence-corrected chi connectivity index (χ4v) is 1.75. The summed E-state index contributed by atoms with van der Waals surface area (Å²) >= 11 is 0. The van der Waals surface area contributed by atoms with Gasteiger partial charge in [-0.1, -0.05) is 13.8 Å². The minimum Gasteiger partial charge on any atom is -0.372 e. The number of aromatic nitrogens is 5. The molecule has 0 bridgehead atoms. The van der Waals surface area contributed by atoms with E-state index in [1.165, 1.54) is 12.4 Å². The molecule has 0 unspecified atom stereocenters. The first kappa shape index (κ1) is 14.8. The molecule has 0 fully saturated rings. The summed E-state index contributed by atoms with van der Waals surface area (Å²) in [5.41, 5.74) is 1.85. The van der Waals surface area contributed by atoms with Gasteiger partial charge in [-0.15, -0.1) is 10.2 Å². The van der Waals surface area contributed by atoms with Crippen LogP contribution in [0.2, 0.25) is 0 Å². The molecule has 0 saturated heterocycles. The van der Waals surface area contributed by atoms with Gasteiger partial charge in [0.1, 0.15) is 11.5 Å². The molecule has 8 heteroatoms. The second-order valence-electron chi connectivity index (χ2n) is 4.23. The van der Waals surface area contributed by atoms with Gasteiger partial charge in [-0.2, -0.15) is 0 Å². The van der Waals surface area contributed by atoms with Crippen LogP contribution in [0, 0.1) is 0 Å². The van der Waals surface area contributed by atoms with Crippen LogP contribution in [0.25, 0.3) is 0 Å². The Labute approximate surface area is 122 Å². The fourth-order valence-electron chi connectivity index (χ4n) is 1.75. The first-order valence-electron chi connectivity index (χ1n) is 6.71. The van der Waals surface area contributed by atoms with Gasteiger partial charge in [0.05, 0.1) is 23.8 Å². The van der Waals surface area contributed by atoms with E-state index in [0.717, 1.165) is 24.2 Å². The Kier molecular flexibility index (Phi) is 4.70. The highest BCUT2D eigenvalue weighted by Crippen LogP contribution is 2.08. The molecule has 8 nitrogen and oxygen atoms in total. The summed E-state index contributed by atoms with van der Waals surface area (Å²) in [5.74, 6) is 0.260. The molecule has 0 aliphatic heterocycles. The number of nitrogens with one attached hydrogen (secondary N) is 2. The van der Waals surface area contributed by atoms with Crippen LogP contribution in [0.15, 0.2) is 12.4 Å². The summed E-state index contributed by atoms with van der Waals surface area (Å²) in [6.45, 7) is 3.97. The maximum atomic E-state index is 12.1. The van der Waals surface area contributed by atoms with Gasteiger partial charge >= 0.3 is 0 Å². The lowest BCUT2D eigenvalue weighted by Gasteiger charge is -2.07. The lowest BCUT2D eigenvalue weighted by atomic mass is 10.2. The molecule has 2 rings (SSSR count). The van der Waals surface area contributed by atoms with E-state index >= 15 is 0 Å². The van der Waals surface area contributed by atoms with Gasteiger partial charge in [-0.3, -0.25) is 15.1 Å². The van der Waals surface area contributed by atoms with E-state index in [2.05, 4.69) is 35.8 Å². The normalized spacial score (nSPS) is 10.2. The van der Waals surface area contributed by atoms with Gasteiger partial charge in [0.15, 0.2) is 0 Å². The van der Waals surface area contributed by atoms with Crippen LogP contribution < -0.4 is 10.6 Å². The Morgan fingerprint density at radius 3 is 2.52 bits per heavy atom. The van der Waals surface area contributed by atoms with E-state index in [4.69, 9.17) is 0 Å². The van der Waals surface area contributed by atoms with Crippen LogP contribution in [0.1, 0.15) is 35.7 Å². The first-order chi connectivity index (χ1) is 10.2. The molecular formula is C13H17N7O. The van der Waals surface area contributed by atoms with Gasteiger partial charge in [-0.05, 0) is 12.8 Å². The molecule has 2 aromatic rings. The van der Waals surface area contributed by atoms with E-state index in [0.29, 0.717) is 5.82 Å². The Morgan fingerprint density at radius 1 is 1.10 bits per heavy atom. The van der Waals surface area contributed by atoms with E-state index in [1.807, 2.05) is 13.8 Å². The number of hydrogen-bond donors (Lipinski definition) is 2. The largest absolute Gasteiger partial charge is 0.372 e. The van der Waals surface area contributed by atoms with Gasteiger partial charge in [0.25, 0.3) is 5.91 Å². The van der Waals surface area contributed by atoms with Crippen LogP contribution in [-0.4, -0.2) is 38.1 Å². The Hall–Kier alpha value is -2.64. The molecule has 21 heavy (non-hydrogen) atoms. The Morgan fingerprint density at radius 2 is 1.86 bits per heavy atom. The average Bonchev–Trinajstić information content (AvgIpc) is 2.54. The third-order valence-electron chi connectivity index (χ3n) is 2.86. The second kappa shape index (κ2) is 6.69. The third kappa shape index (κ3) is 3.47. The zero-order chi connectivity index (χ0) is 15.2. The highest BCUT2D eigenvalue weighted by Gasteiger charge is 2.12. The molecule has 0 radical (unpaired) electrons. The molecule has 2 N–H and O–H groups in total. The maximum Gasteiger partial charge on any atom is 0.278 e. The zero-order valence-electron chi connectivity index (χ0n) is 12.2. The summed E-state index contributed by atoms with van der Waals surface area (Å²) < 4.78 is 0. The van der Waals surface area contributed by atoms with Crippen LogP contribution in [0.5, 0.6) is 0 Å². The lowest BCUT2D eigenvalue weighted by molar-refractivity contribution is 0.102. The lowest BCUT2D eigenvalue weighted by Crippen LogP contribution is -2.18. The number of carbonyl (C=O) groups excluding carboxylic acids is 1. The van der Waals surface area contributed by atoms with Gasteiger partial charge < -0.3 is 5.32 Å². The highest BCUT2D eigenvalue weighted by molar-refractivity contribution is 6.01. The molecule has 0 saturated carbocycles. The third-order valence-corrected chi connectivity index (χ3v) is 2.86.